The van der Waals surface area contributed by atoms with E-state index in [4.69, 9.17) is 4.74 Å². The first-order valence-electron chi connectivity index (χ1n) is 7.71. The Morgan fingerprint density at radius 1 is 1.17 bits per heavy atom. The molecule has 1 saturated heterocycles. The number of alkyl halides is 3. The van der Waals surface area contributed by atoms with Gasteiger partial charge in [0.2, 0.25) is 0 Å². The zero-order valence-electron chi connectivity index (χ0n) is 12.7. The first kappa shape index (κ1) is 16.3. The Morgan fingerprint density at radius 2 is 1.87 bits per heavy atom. The van der Waals surface area contributed by atoms with Gasteiger partial charge in [-0.1, -0.05) is 24.3 Å². The fraction of sp³-hybridized carbons (Fsp3) is 0.562. The highest BCUT2D eigenvalue weighted by Gasteiger charge is 2.35. The highest BCUT2D eigenvalue weighted by Crippen LogP contribution is 2.29. The van der Waals surface area contributed by atoms with Crippen molar-refractivity contribution in [2.45, 2.75) is 18.7 Å². The van der Waals surface area contributed by atoms with Gasteiger partial charge >= 0.3 is 6.18 Å². The fourth-order valence-electron chi connectivity index (χ4n) is 3.14. The Bertz CT molecular complexity index is 569. The summed E-state index contributed by atoms with van der Waals surface area (Å²) in [5.74, 6) is -0.149. The Morgan fingerprint density at radius 3 is 2.57 bits per heavy atom. The van der Waals surface area contributed by atoms with Crippen molar-refractivity contribution in [3.8, 4) is 0 Å². The van der Waals surface area contributed by atoms with E-state index in [9.17, 15) is 18.0 Å². The third-order valence-electron chi connectivity index (χ3n) is 4.30. The number of hydrogen-bond donors (Lipinski definition) is 0. The van der Waals surface area contributed by atoms with Gasteiger partial charge in [0.1, 0.15) is 0 Å². The molecule has 0 saturated carbocycles. The molecule has 2 heterocycles. The second-order valence-electron chi connectivity index (χ2n) is 5.92. The van der Waals surface area contributed by atoms with Crippen LogP contribution in [0.25, 0.3) is 0 Å². The van der Waals surface area contributed by atoms with Crippen molar-refractivity contribution in [1.29, 1.82) is 0 Å². The SMILES string of the molecule is O=C(C1OCCc2ccccc21)N1CCN(CC(F)(F)F)CC1. The molecule has 1 aromatic rings. The maximum atomic E-state index is 12.7. The van der Waals surface area contributed by atoms with Crippen LogP contribution < -0.4 is 0 Å². The average Bonchev–Trinajstić information content (AvgIpc) is 2.53. The van der Waals surface area contributed by atoms with E-state index in [0.29, 0.717) is 19.7 Å². The van der Waals surface area contributed by atoms with Crippen molar-refractivity contribution >= 4 is 5.91 Å². The number of ether oxygens (including phenoxy) is 1. The normalized spacial score (nSPS) is 22.7. The molecule has 2 aliphatic heterocycles. The van der Waals surface area contributed by atoms with Crippen LogP contribution in [0.4, 0.5) is 13.2 Å². The summed E-state index contributed by atoms with van der Waals surface area (Å²) in [5.41, 5.74) is 1.98. The quantitative estimate of drug-likeness (QED) is 0.833. The van der Waals surface area contributed by atoms with E-state index in [1.165, 1.54) is 4.90 Å². The number of hydrogen-bond acceptors (Lipinski definition) is 3. The molecular formula is C16H19F3N2O2. The van der Waals surface area contributed by atoms with Crippen LogP contribution in [0.3, 0.4) is 0 Å². The lowest BCUT2D eigenvalue weighted by Gasteiger charge is -2.37. The molecule has 1 amide bonds. The zero-order chi connectivity index (χ0) is 16.4. The van der Waals surface area contributed by atoms with Crippen molar-refractivity contribution in [1.82, 2.24) is 9.80 Å². The summed E-state index contributed by atoms with van der Waals surface area (Å²) in [6, 6.07) is 7.67. The summed E-state index contributed by atoms with van der Waals surface area (Å²) in [4.78, 5) is 15.6. The van der Waals surface area contributed by atoms with E-state index in [-0.39, 0.29) is 19.0 Å². The first-order valence-corrected chi connectivity index (χ1v) is 7.71. The number of carbonyl (C=O) groups excluding carboxylic acids is 1. The van der Waals surface area contributed by atoms with E-state index in [0.717, 1.165) is 17.5 Å². The Labute approximate surface area is 132 Å². The molecule has 1 fully saturated rings. The predicted molar refractivity (Wildman–Crippen MR) is 77.9 cm³/mol. The van der Waals surface area contributed by atoms with Crippen LogP contribution in [0, 0.1) is 0 Å². The second-order valence-corrected chi connectivity index (χ2v) is 5.92. The van der Waals surface area contributed by atoms with E-state index < -0.39 is 18.8 Å². The summed E-state index contributed by atoms with van der Waals surface area (Å²) in [6.07, 6.45) is -4.05. The minimum Gasteiger partial charge on any atom is -0.363 e. The van der Waals surface area contributed by atoms with Crippen LogP contribution in [-0.4, -0.2) is 61.2 Å². The summed E-state index contributed by atoms with van der Waals surface area (Å²) in [7, 11) is 0. The Kier molecular flexibility index (Phi) is 4.59. The van der Waals surface area contributed by atoms with Gasteiger partial charge in [0.25, 0.3) is 5.91 Å². The van der Waals surface area contributed by atoms with Crippen LogP contribution in [0.2, 0.25) is 0 Å². The number of nitrogens with zero attached hydrogens (tertiary/aromatic N) is 2. The van der Waals surface area contributed by atoms with Gasteiger partial charge in [-0.3, -0.25) is 9.69 Å². The van der Waals surface area contributed by atoms with Gasteiger partial charge in [0.15, 0.2) is 6.10 Å². The summed E-state index contributed by atoms with van der Waals surface area (Å²) in [6.45, 7) is 0.645. The molecule has 23 heavy (non-hydrogen) atoms. The molecule has 126 valence electrons. The van der Waals surface area contributed by atoms with Crippen molar-refractivity contribution in [3.05, 3.63) is 35.4 Å². The minimum absolute atomic E-state index is 0.149. The molecule has 1 unspecified atom stereocenters. The van der Waals surface area contributed by atoms with E-state index in [1.807, 2.05) is 24.3 Å². The molecule has 2 aliphatic rings. The lowest BCUT2D eigenvalue weighted by atomic mass is 9.96. The molecule has 0 aliphatic carbocycles. The van der Waals surface area contributed by atoms with Gasteiger partial charge in [-0.2, -0.15) is 13.2 Å². The maximum Gasteiger partial charge on any atom is 0.401 e. The number of amides is 1. The van der Waals surface area contributed by atoms with Gasteiger partial charge in [-0.05, 0) is 17.5 Å². The highest BCUT2D eigenvalue weighted by atomic mass is 19.4. The van der Waals surface area contributed by atoms with E-state index >= 15 is 0 Å². The maximum absolute atomic E-state index is 12.7. The van der Waals surface area contributed by atoms with Gasteiger partial charge in [0.05, 0.1) is 13.2 Å². The van der Waals surface area contributed by atoms with Gasteiger partial charge in [-0.25, -0.2) is 0 Å². The predicted octanol–water partition coefficient (Wildman–Crippen LogP) is 2.01. The van der Waals surface area contributed by atoms with Crippen LogP contribution >= 0.6 is 0 Å². The van der Waals surface area contributed by atoms with Crippen molar-refractivity contribution < 1.29 is 22.7 Å². The topological polar surface area (TPSA) is 32.8 Å². The molecule has 0 aromatic heterocycles. The third-order valence-corrected chi connectivity index (χ3v) is 4.30. The Hall–Kier alpha value is -1.60. The number of rotatable bonds is 2. The molecule has 3 rings (SSSR count). The molecular weight excluding hydrogens is 309 g/mol. The summed E-state index contributed by atoms with van der Waals surface area (Å²) < 4.78 is 42.9. The molecule has 0 spiro atoms. The molecule has 4 nitrogen and oxygen atoms in total. The average molecular weight is 328 g/mol. The standard InChI is InChI=1S/C16H19F3N2O2/c17-16(18,19)11-20-6-8-21(9-7-20)15(22)14-13-4-2-1-3-12(13)5-10-23-14/h1-4,14H,5-11H2. The molecule has 0 N–H and O–H groups in total. The molecule has 7 heteroatoms. The lowest BCUT2D eigenvalue weighted by Crippen LogP contribution is -2.52. The highest BCUT2D eigenvalue weighted by molar-refractivity contribution is 5.83. The van der Waals surface area contributed by atoms with Crippen LogP contribution in [-0.2, 0) is 16.0 Å². The molecule has 1 atom stereocenters. The smallest absolute Gasteiger partial charge is 0.363 e. The largest absolute Gasteiger partial charge is 0.401 e. The summed E-state index contributed by atoms with van der Waals surface area (Å²) in [5, 5.41) is 0. The monoisotopic (exact) mass is 328 g/mol. The number of fused-ring (bicyclic) bond motifs is 1. The molecule has 0 radical (unpaired) electrons. The first-order chi connectivity index (χ1) is 10.9. The molecule has 1 aromatic carbocycles. The zero-order valence-corrected chi connectivity index (χ0v) is 12.7. The number of benzene rings is 1. The number of carbonyl (C=O) groups is 1. The lowest BCUT2D eigenvalue weighted by molar-refractivity contribution is -0.156. The van der Waals surface area contributed by atoms with E-state index in [2.05, 4.69) is 0 Å². The third kappa shape index (κ3) is 3.84. The van der Waals surface area contributed by atoms with Gasteiger partial charge in [-0.15, -0.1) is 0 Å². The van der Waals surface area contributed by atoms with Crippen molar-refractivity contribution in [2.75, 3.05) is 39.3 Å². The van der Waals surface area contributed by atoms with Gasteiger partial charge < -0.3 is 9.64 Å². The van der Waals surface area contributed by atoms with Crippen molar-refractivity contribution in [3.63, 3.8) is 0 Å². The van der Waals surface area contributed by atoms with Gasteiger partial charge in [0, 0.05) is 26.2 Å². The fourth-order valence-corrected chi connectivity index (χ4v) is 3.14. The summed E-state index contributed by atoms with van der Waals surface area (Å²) >= 11 is 0. The molecule has 0 bridgehead atoms. The van der Waals surface area contributed by atoms with Crippen LogP contribution in [0.15, 0.2) is 24.3 Å². The van der Waals surface area contributed by atoms with E-state index in [1.54, 1.807) is 4.90 Å². The second kappa shape index (κ2) is 6.49. The van der Waals surface area contributed by atoms with Crippen LogP contribution in [0.5, 0.6) is 0 Å². The minimum atomic E-state index is -4.20. The number of piperazine rings is 1. The van der Waals surface area contributed by atoms with Crippen molar-refractivity contribution in [2.24, 2.45) is 0 Å². The number of halogens is 3. The van der Waals surface area contributed by atoms with Crippen LogP contribution in [0.1, 0.15) is 17.2 Å². The Balaban J connectivity index is 1.62.